The molecule has 1 aromatic rings. The van der Waals surface area contributed by atoms with Gasteiger partial charge in [0.15, 0.2) is 0 Å². The van der Waals surface area contributed by atoms with Crippen molar-refractivity contribution in [3.63, 3.8) is 0 Å². The van der Waals surface area contributed by atoms with Gasteiger partial charge in [0.2, 0.25) is 0 Å². The van der Waals surface area contributed by atoms with Gasteiger partial charge in [-0.2, -0.15) is 0 Å². The van der Waals surface area contributed by atoms with E-state index in [1.54, 1.807) is 12.3 Å². The molecule has 2 nitrogen and oxygen atoms in total. The minimum absolute atomic E-state index is 0.646. The molecule has 1 heterocycles. The molecule has 0 saturated heterocycles. The molecule has 0 aliphatic rings. The van der Waals surface area contributed by atoms with Crippen molar-refractivity contribution in [2.75, 3.05) is 5.84 Å². The van der Waals surface area contributed by atoms with Crippen LogP contribution in [0.5, 0.6) is 0 Å². The van der Waals surface area contributed by atoms with Crippen molar-refractivity contribution < 1.29 is 0 Å². The van der Waals surface area contributed by atoms with E-state index in [-0.39, 0.29) is 0 Å². The summed E-state index contributed by atoms with van der Waals surface area (Å²) in [6.07, 6.45) is 1.71. The fourth-order valence-corrected chi connectivity index (χ4v) is 0.579. The van der Waals surface area contributed by atoms with Gasteiger partial charge in [0.05, 0.1) is 0 Å². The molecule has 0 fully saturated rings. The van der Waals surface area contributed by atoms with Gasteiger partial charge >= 0.3 is 0 Å². The highest BCUT2D eigenvalue weighted by Crippen LogP contribution is 1.84. The van der Waals surface area contributed by atoms with E-state index >= 15 is 0 Å². The van der Waals surface area contributed by atoms with Gasteiger partial charge in [0.25, 0.3) is 0 Å². The summed E-state index contributed by atoms with van der Waals surface area (Å²) in [5.74, 6) is 5.33. The quantitative estimate of drug-likeness (QED) is 0.414. The number of pyridine rings is 1. The Morgan fingerprint density at radius 3 is 2.62 bits per heavy atom. The summed E-state index contributed by atoms with van der Waals surface area (Å²) in [4.78, 5) is 0. The maximum absolute atomic E-state index is 5.33. The number of aromatic nitrogens is 1. The van der Waals surface area contributed by atoms with Crippen molar-refractivity contribution in [3.05, 3.63) is 29.0 Å². The Morgan fingerprint density at radius 2 is 2.25 bits per heavy atom. The maximum Gasteiger partial charge on any atom is 0.124 e. The van der Waals surface area contributed by atoms with Gasteiger partial charge in [-0.3, -0.25) is 4.68 Å². The minimum atomic E-state index is 0.646. The topological polar surface area (TPSA) is 30.9 Å². The van der Waals surface area contributed by atoms with Crippen molar-refractivity contribution in [2.24, 2.45) is 0 Å². The van der Waals surface area contributed by atoms with Crippen LogP contribution in [0.2, 0.25) is 0 Å². The van der Waals surface area contributed by atoms with Gasteiger partial charge in [0.1, 0.15) is 4.64 Å². The first kappa shape index (κ1) is 5.31. The summed E-state index contributed by atoms with van der Waals surface area (Å²) >= 11 is 4.79. The molecule has 0 saturated carbocycles. The first-order chi connectivity index (χ1) is 3.80. The normalized spacial score (nSPS) is 9.00. The third kappa shape index (κ3) is 0.869. The Morgan fingerprint density at radius 1 is 1.50 bits per heavy atom. The van der Waals surface area contributed by atoms with E-state index in [0.717, 1.165) is 0 Å². The standard InChI is InChI=1S/C5H6N2S/c6-7-4-2-1-3-5(7)8/h1-4H,6H2. The van der Waals surface area contributed by atoms with E-state index in [9.17, 15) is 0 Å². The van der Waals surface area contributed by atoms with Crippen LogP contribution in [0.25, 0.3) is 0 Å². The Labute approximate surface area is 52.5 Å². The van der Waals surface area contributed by atoms with Gasteiger partial charge in [-0.1, -0.05) is 18.3 Å². The molecule has 0 bridgehead atoms. The zero-order chi connectivity index (χ0) is 5.98. The lowest BCUT2D eigenvalue weighted by molar-refractivity contribution is 0.970. The Kier molecular flexibility index (Phi) is 1.30. The smallest absolute Gasteiger partial charge is 0.124 e. The van der Waals surface area contributed by atoms with E-state index in [2.05, 4.69) is 0 Å². The molecule has 0 aliphatic heterocycles. The molecule has 0 spiro atoms. The van der Waals surface area contributed by atoms with Crippen LogP contribution in [0.4, 0.5) is 0 Å². The average molecular weight is 126 g/mol. The van der Waals surface area contributed by atoms with Crippen LogP contribution in [0.1, 0.15) is 0 Å². The lowest BCUT2D eigenvalue weighted by atomic mass is 10.5. The van der Waals surface area contributed by atoms with E-state index in [0.29, 0.717) is 4.64 Å². The van der Waals surface area contributed by atoms with Gasteiger partial charge in [-0.25, -0.2) is 0 Å². The minimum Gasteiger partial charge on any atom is -0.338 e. The monoisotopic (exact) mass is 126 g/mol. The second-order valence-corrected chi connectivity index (χ2v) is 1.86. The second kappa shape index (κ2) is 1.96. The first-order valence-corrected chi connectivity index (χ1v) is 2.64. The molecule has 0 aliphatic carbocycles. The summed E-state index contributed by atoms with van der Waals surface area (Å²) in [5.41, 5.74) is 0. The molecule has 0 atom stereocenters. The number of hydrogen-bond acceptors (Lipinski definition) is 2. The zero-order valence-corrected chi connectivity index (χ0v) is 5.06. The predicted octanol–water partition coefficient (Wildman–Crippen LogP) is 0.931. The second-order valence-electron chi connectivity index (χ2n) is 1.45. The van der Waals surface area contributed by atoms with Gasteiger partial charge < -0.3 is 5.84 Å². The molecule has 3 heteroatoms. The SMILES string of the molecule is Nn1ccccc1=S. The first-order valence-electron chi connectivity index (χ1n) is 2.23. The molecule has 8 heavy (non-hydrogen) atoms. The zero-order valence-electron chi connectivity index (χ0n) is 4.24. The lowest BCUT2D eigenvalue weighted by Crippen LogP contribution is -2.07. The van der Waals surface area contributed by atoms with Crippen molar-refractivity contribution >= 4 is 12.2 Å². The fraction of sp³-hybridized carbons (Fsp3) is 0. The molecular formula is C5H6N2S. The Balaban J connectivity index is 3.35. The maximum atomic E-state index is 5.33. The summed E-state index contributed by atoms with van der Waals surface area (Å²) in [6.45, 7) is 0. The van der Waals surface area contributed by atoms with E-state index in [1.165, 1.54) is 4.68 Å². The van der Waals surface area contributed by atoms with Crippen LogP contribution in [0, 0.1) is 4.64 Å². The molecule has 0 aromatic carbocycles. The molecule has 1 aromatic heterocycles. The summed E-state index contributed by atoms with van der Waals surface area (Å²) in [5, 5.41) is 0. The molecule has 42 valence electrons. The molecule has 1 rings (SSSR count). The summed E-state index contributed by atoms with van der Waals surface area (Å²) in [6, 6.07) is 5.46. The average Bonchev–Trinajstić information content (AvgIpc) is 1.77. The highest BCUT2D eigenvalue weighted by molar-refractivity contribution is 7.71. The van der Waals surface area contributed by atoms with Crippen LogP contribution >= 0.6 is 12.2 Å². The number of nitrogens with two attached hydrogens (primary N) is 1. The summed E-state index contributed by atoms with van der Waals surface area (Å²) in [7, 11) is 0. The van der Waals surface area contributed by atoms with Crippen molar-refractivity contribution in [3.8, 4) is 0 Å². The molecule has 0 unspecified atom stereocenters. The van der Waals surface area contributed by atoms with Crippen LogP contribution in [-0.4, -0.2) is 4.68 Å². The van der Waals surface area contributed by atoms with E-state index in [1.807, 2.05) is 12.1 Å². The molecule has 2 N–H and O–H groups in total. The number of rotatable bonds is 0. The van der Waals surface area contributed by atoms with Gasteiger partial charge in [0, 0.05) is 6.20 Å². The van der Waals surface area contributed by atoms with E-state index in [4.69, 9.17) is 18.1 Å². The van der Waals surface area contributed by atoms with Crippen LogP contribution < -0.4 is 5.84 Å². The number of nitrogen functional groups attached to an aromatic ring is 1. The third-order valence-electron chi connectivity index (χ3n) is 0.851. The number of nitrogens with zero attached hydrogens (tertiary/aromatic N) is 1. The van der Waals surface area contributed by atoms with Crippen molar-refractivity contribution in [1.29, 1.82) is 0 Å². The molecular weight excluding hydrogens is 120 g/mol. The Bertz CT molecular complexity index is 228. The highest BCUT2D eigenvalue weighted by atomic mass is 32.1. The van der Waals surface area contributed by atoms with Crippen molar-refractivity contribution in [2.45, 2.75) is 0 Å². The highest BCUT2D eigenvalue weighted by Gasteiger charge is 1.76. The van der Waals surface area contributed by atoms with Crippen LogP contribution in [0.15, 0.2) is 24.4 Å². The largest absolute Gasteiger partial charge is 0.338 e. The van der Waals surface area contributed by atoms with Crippen molar-refractivity contribution in [1.82, 2.24) is 4.68 Å². The predicted molar refractivity (Wildman–Crippen MR) is 35.4 cm³/mol. The lowest BCUT2D eigenvalue weighted by Gasteiger charge is -1.92. The van der Waals surface area contributed by atoms with Crippen LogP contribution in [-0.2, 0) is 0 Å². The van der Waals surface area contributed by atoms with Crippen LogP contribution in [0.3, 0.4) is 0 Å². The molecule has 0 amide bonds. The van der Waals surface area contributed by atoms with E-state index < -0.39 is 0 Å². The summed E-state index contributed by atoms with van der Waals surface area (Å²) < 4.78 is 2.04. The third-order valence-corrected chi connectivity index (χ3v) is 1.20. The van der Waals surface area contributed by atoms with Gasteiger partial charge in [-0.15, -0.1) is 0 Å². The Hall–Kier alpha value is -0.830. The number of hydrogen-bond donors (Lipinski definition) is 1. The molecule has 0 radical (unpaired) electrons. The fourth-order valence-electron chi connectivity index (χ4n) is 0.440. The van der Waals surface area contributed by atoms with Gasteiger partial charge in [-0.05, 0) is 12.1 Å².